The summed E-state index contributed by atoms with van der Waals surface area (Å²) < 4.78 is 5.48. The van der Waals surface area contributed by atoms with Gasteiger partial charge in [-0.25, -0.2) is 0 Å². The Morgan fingerprint density at radius 2 is 2.05 bits per heavy atom. The van der Waals surface area contributed by atoms with Crippen molar-refractivity contribution in [1.82, 2.24) is 10.2 Å². The van der Waals surface area contributed by atoms with Crippen LogP contribution in [-0.2, 0) is 4.74 Å². The number of hydrogen-bond acceptors (Lipinski definition) is 3. The summed E-state index contributed by atoms with van der Waals surface area (Å²) in [4.78, 5) is 2.50. The molecule has 0 bridgehead atoms. The Morgan fingerprint density at radius 3 is 2.65 bits per heavy atom. The predicted octanol–water partition coefficient (Wildman–Crippen LogP) is 3.10. The summed E-state index contributed by atoms with van der Waals surface area (Å²) in [5, 5.41) is 4.42. The van der Waals surface area contributed by atoms with E-state index in [4.69, 9.17) is 16.3 Å². The molecule has 0 aromatic heterocycles. The van der Waals surface area contributed by atoms with E-state index in [2.05, 4.69) is 43.1 Å². The largest absolute Gasteiger partial charge is 0.379 e. The van der Waals surface area contributed by atoms with Crippen LogP contribution in [0.3, 0.4) is 0 Å². The summed E-state index contributed by atoms with van der Waals surface area (Å²) >= 11 is 6.16. The average Bonchev–Trinajstić information content (AvgIpc) is 2.45. The second-order valence-corrected chi connectivity index (χ2v) is 6.24. The Morgan fingerprint density at radius 1 is 1.35 bits per heavy atom. The van der Waals surface area contributed by atoms with Crippen molar-refractivity contribution in [2.24, 2.45) is 0 Å². The fourth-order valence-corrected chi connectivity index (χ4v) is 3.19. The van der Waals surface area contributed by atoms with E-state index < -0.39 is 0 Å². The molecule has 4 heteroatoms. The number of nitrogens with zero attached hydrogens (tertiary/aromatic N) is 1. The van der Waals surface area contributed by atoms with E-state index in [-0.39, 0.29) is 11.6 Å². The maximum atomic E-state index is 6.16. The third kappa shape index (κ3) is 3.53. The van der Waals surface area contributed by atoms with Crippen molar-refractivity contribution in [3.8, 4) is 0 Å². The number of nitrogens with one attached hydrogen (secondary N) is 1. The minimum absolute atomic E-state index is 0.0183. The molecule has 20 heavy (non-hydrogen) atoms. The molecule has 1 aromatic carbocycles. The maximum Gasteiger partial charge on any atom is 0.0594 e. The summed E-state index contributed by atoms with van der Waals surface area (Å²) in [6, 6.07) is 8.43. The number of benzene rings is 1. The molecular weight excluding hydrogens is 272 g/mol. The van der Waals surface area contributed by atoms with Crippen LogP contribution in [0.2, 0.25) is 5.02 Å². The van der Waals surface area contributed by atoms with E-state index in [1.165, 1.54) is 5.56 Å². The summed E-state index contributed by atoms with van der Waals surface area (Å²) in [5.74, 6) is 0. The van der Waals surface area contributed by atoms with E-state index in [1.54, 1.807) is 0 Å². The zero-order chi connectivity index (χ0) is 14.6. The van der Waals surface area contributed by atoms with Crippen molar-refractivity contribution >= 4 is 11.6 Å². The molecule has 1 unspecified atom stereocenters. The Kier molecular flexibility index (Phi) is 5.44. The second-order valence-electron chi connectivity index (χ2n) is 5.80. The lowest BCUT2D eigenvalue weighted by Gasteiger charge is -2.46. The van der Waals surface area contributed by atoms with Gasteiger partial charge in [-0.05, 0) is 38.1 Å². The fourth-order valence-electron chi connectivity index (χ4n) is 2.99. The molecule has 0 aliphatic carbocycles. The highest BCUT2D eigenvalue weighted by atomic mass is 35.5. The second kappa shape index (κ2) is 6.90. The van der Waals surface area contributed by atoms with E-state index in [0.717, 1.165) is 37.9 Å². The number of likely N-dealkylation sites (N-methyl/N-ethyl adjacent to an activating group) is 1. The van der Waals surface area contributed by atoms with Gasteiger partial charge in [0.15, 0.2) is 0 Å². The number of ether oxygens (including phenoxy) is 1. The summed E-state index contributed by atoms with van der Waals surface area (Å²) in [7, 11) is 0. The molecule has 1 aliphatic rings. The topological polar surface area (TPSA) is 24.5 Å². The van der Waals surface area contributed by atoms with Gasteiger partial charge in [0.2, 0.25) is 0 Å². The lowest BCUT2D eigenvalue weighted by atomic mass is 9.86. The van der Waals surface area contributed by atoms with E-state index in [0.29, 0.717) is 0 Å². The van der Waals surface area contributed by atoms with Crippen LogP contribution >= 0.6 is 11.6 Å². The molecule has 0 saturated carbocycles. The minimum Gasteiger partial charge on any atom is -0.379 e. The molecule has 2 rings (SSSR count). The van der Waals surface area contributed by atoms with Gasteiger partial charge in [-0.2, -0.15) is 0 Å². The first-order valence-electron chi connectivity index (χ1n) is 7.37. The normalized spacial score (nSPS) is 19.0. The molecule has 0 spiro atoms. The van der Waals surface area contributed by atoms with Crippen LogP contribution in [0.5, 0.6) is 0 Å². The lowest BCUT2D eigenvalue weighted by Crippen LogP contribution is -2.56. The van der Waals surface area contributed by atoms with Gasteiger partial charge >= 0.3 is 0 Å². The molecule has 1 atom stereocenters. The van der Waals surface area contributed by atoms with Gasteiger partial charge in [0.25, 0.3) is 0 Å². The van der Waals surface area contributed by atoms with Gasteiger partial charge in [0, 0.05) is 23.7 Å². The van der Waals surface area contributed by atoms with Crippen molar-refractivity contribution in [1.29, 1.82) is 0 Å². The van der Waals surface area contributed by atoms with Gasteiger partial charge in [0.1, 0.15) is 0 Å². The molecule has 0 amide bonds. The first-order valence-corrected chi connectivity index (χ1v) is 7.75. The van der Waals surface area contributed by atoms with Crippen LogP contribution in [0.4, 0.5) is 0 Å². The van der Waals surface area contributed by atoms with Crippen molar-refractivity contribution in [3.63, 3.8) is 0 Å². The van der Waals surface area contributed by atoms with Crippen LogP contribution < -0.4 is 5.32 Å². The zero-order valence-electron chi connectivity index (χ0n) is 12.7. The van der Waals surface area contributed by atoms with Gasteiger partial charge in [-0.3, -0.25) is 4.90 Å². The molecule has 0 radical (unpaired) electrons. The van der Waals surface area contributed by atoms with Crippen LogP contribution in [0.1, 0.15) is 32.4 Å². The third-order valence-corrected chi connectivity index (χ3v) is 4.36. The molecule has 1 saturated heterocycles. The van der Waals surface area contributed by atoms with Crippen molar-refractivity contribution in [2.45, 2.75) is 32.4 Å². The summed E-state index contributed by atoms with van der Waals surface area (Å²) in [6.45, 7) is 11.3. The predicted molar refractivity (Wildman–Crippen MR) is 84.3 cm³/mol. The van der Waals surface area contributed by atoms with E-state index >= 15 is 0 Å². The van der Waals surface area contributed by atoms with E-state index in [1.807, 2.05) is 12.1 Å². The van der Waals surface area contributed by atoms with E-state index in [9.17, 15) is 0 Å². The fraction of sp³-hybridized carbons (Fsp3) is 0.625. The molecule has 1 fully saturated rings. The van der Waals surface area contributed by atoms with Crippen LogP contribution in [0.15, 0.2) is 24.3 Å². The van der Waals surface area contributed by atoms with Gasteiger partial charge in [-0.15, -0.1) is 0 Å². The quantitative estimate of drug-likeness (QED) is 0.903. The number of halogens is 1. The van der Waals surface area contributed by atoms with Gasteiger partial charge in [-0.1, -0.05) is 30.7 Å². The standard InChI is InChI=1S/C16H25ClN2O/c1-4-18-15(13-6-5-7-14(17)12-13)16(2,3)19-8-10-20-11-9-19/h5-7,12,15,18H,4,8-11H2,1-3H3. The first kappa shape index (κ1) is 15.8. The third-order valence-electron chi connectivity index (χ3n) is 4.12. The van der Waals surface area contributed by atoms with Crippen LogP contribution in [-0.4, -0.2) is 43.3 Å². The average molecular weight is 297 g/mol. The van der Waals surface area contributed by atoms with Crippen LogP contribution in [0.25, 0.3) is 0 Å². The molecule has 3 nitrogen and oxygen atoms in total. The van der Waals surface area contributed by atoms with Crippen molar-refractivity contribution < 1.29 is 4.74 Å². The van der Waals surface area contributed by atoms with Crippen molar-refractivity contribution in [3.05, 3.63) is 34.9 Å². The molecule has 112 valence electrons. The molecule has 1 heterocycles. The van der Waals surface area contributed by atoms with Gasteiger partial charge in [0.05, 0.1) is 19.3 Å². The summed E-state index contributed by atoms with van der Waals surface area (Å²) in [5.41, 5.74) is 1.26. The molecular formula is C16H25ClN2O. The van der Waals surface area contributed by atoms with Crippen LogP contribution in [0, 0.1) is 0 Å². The highest BCUT2D eigenvalue weighted by Crippen LogP contribution is 2.32. The first-order chi connectivity index (χ1) is 9.55. The lowest BCUT2D eigenvalue weighted by molar-refractivity contribution is -0.0236. The molecule has 1 aliphatic heterocycles. The Balaban J connectivity index is 2.26. The number of rotatable bonds is 5. The van der Waals surface area contributed by atoms with Gasteiger partial charge < -0.3 is 10.1 Å². The smallest absolute Gasteiger partial charge is 0.0594 e. The maximum absolute atomic E-state index is 6.16. The number of hydrogen-bond donors (Lipinski definition) is 1. The Labute approximate surface area is 127 Å². The Bertz CT molecular complexity index is 430. The highest BCUT2D eigenvalue weighted by Gasteiger charge is 2.36. The highest BCUT2D eigenvalue weighted by molar-refractivity contribution is 6.30. The monoisotopic (exact) mass is 296 g/mol. The summed E-state index contributed by atoms with van der Waals surface area (Å²) in [6.07, 6.45) is 0. The zero-order valence-corrected chi connectivity index (χ0v) is 13.4. The SMILES string of the molecule is CCNC(c1cccc(Cl)c1)C(C)(C)N1CCOCC1. The molecule has 1 aromatic rings. The number of morpholine rings is 1. The molecule has 1 N–H and O–H groups in total. The minimum atomic E-state index is 0.0183. The van der Waals surface area contributed by atoms with Crippen molar-refractivity contribution in [2.75, 3.05) is 32.8 Å². The Hall–Kier alpha value is -0.610.